The van der Waals surface area contributed by atoms with Crippen molar-refractivity contribution in [3.05, 3.63) is 18.2 Å². The van der Waals surface area contributed by atoms with Crippen molar-refractivity contribution in [2.45, 2.75) is 24.3 Å². The van der Waals surface area contributed by atoms with Gasteiger partial charge in [0.2, 0.25) is 10.0 Å². The number of nitrogens with two attached hydrogens (primary N) is 1. The van der Waals surface area contributed by atoms with Gasteiger partial charge in [0.25, 0.3) is 0 Å². The quantitative estimate of drug-likeness (QED) is 0.776. The molecule has 0 saturated carbocycles. The minimum atomic E-state index is -3.89. The summed E-state index contributed by atoms with van der Waals surface area (Å²) in [6, 6.07) is 3.82. The zero-order valence-corrected chi connectivity index (χ0v) is 14.2. The maximum atomic E-state index is 12.9. The number of methoxy groups -OCH3 is 1. The Balaban J connectivity index is 2.46. The maximum absolute atomic E-state index is 12.9. The van der Waals surface area contributed by atoms with Gasteiger partial charge in [-0.1, -0.05) is 6.92 Å². The van der Waals surface area contributed by atoms with Gasteiger partial charge in [0.15, 0.2) is 9.84 Å². The average Bonchev–Trinajstić information content (AvgIpc) is 2.79. The predicted molar refractivity (Wildman–Crippen MR) is 84.0 cm³/mol. The molecule has 1 aromatic rings. The summed E-state index contributed by atoms with van der Waals surface area (Å²) < 4.78 is 55.4. The Morgan fingerprint density at radius 1 is 1.41 bits per heavy atom. The molecule has 22 heavy (non-hydrogen) atoms. The molecule has 0 radical (unpaired) electrons. The first-order valence-corrected chi connectivity index (χ1v) is 10.1. The standard InChI is InChI=1S/C13H20N2O5S2/c1-3-15(11-6-7-21(16,17)9-11)22(18,19)13-8-10(14)4-5-12(13)20-2/h4-5,8,11H,3,6-7,9,14H2,1-2H3. The molecule has 7 nitrogen and oxygen atoms in total. The zero-order valence-electron chi connectivity index (χ0n) is 12.5. The first-order valence-electron chi connectivity index (χ1n) is 6.87. The van der Waals surface area contributed by atoms with Gasteiger partial charge in [-0.05, 0) is 24.6 Å². The lowest BCUT2D eigenvalue weighted by atomic mass is 10.3. The second kappa shape index (κ2) is 6.05. The highest BCUT2D eigenvalue weighted by atomic mass is 32.2. The lowest BCUT2D eigenvalue weighted by Gasteiger charge is -2.26. The molecule has 2 N–H and O–H groups in total. The summed E-state index contributed by atoms with van der Waals surface area (Å²) in [5.74, 6) is 0.0520. The molecular weight excluding hydrogens is 328 g/mol. The van der Waals surface area contributed by atoms with Gasteiger partial charge in [-0.25, -0.2) is 16.8 Å². The molecule has 1 atom stereocenters. The highest BCUT2D eigenvalue weighted by Gasteiger charge is 2.39. The molecule has 1 saturated heterocycles. The van der Waals surface area contributed by atoms with Crippen LogP contribution < -0.4 is 10.5 Å². The third-order valence-corrected chi connectivity index (χ3v) is 7.50. The van der Waals surface area contributed by atoms with Crippen molar-refractivity contribution in [3.63, 3.8) is 0 Å². The largest absolute Gasteiger partial charge is 0.495 e. The lowest BCUT2D eigenvalue weighted by molar-refractivity contribution is 0.349. The summed E-state index contributed by atoms with van der Waals surface area (Å²) in [4.78, 5) is -0.0406. The zero-order chi connectivity index (χ0) is 16.5. The number of sulfonamides is 1. The molecule has 2 rings (SSSR count). The number of ether oxygens (including phenoxy) is 1. The van der Waals surface area contributed by atoms with Crippen molar-refractivity contribution in [2.24, 2.45) is 0 Å². The Hall–Kier alpha value is -1.32. The maximum Gasteiger partial charge on any atom is 0.247 e. The van der Waals surface area contributed by atoms with Crippen molar-refractivity contribution in [1.82, 2.24) is 4.31 Å². The van der Waals surface area contributed by atoms with Gasteiger partial charge in [-0.2, -0.15) is 4.31 Å². The Labute approximate surface area is 131 Å². The number of hydrogen-bond donors (Lipinski definition) is 1. The van der Waals surface area contributed by atoms with Crippen molar-refractivity contribution < 1.29 is 21.6 Å². The van der Waals surface area contributed by atoms with Crippen molar-refractivity contribution in [3.8, 4) is 5.75 Å². The molecule has 1 fully saturated rings. The number of hydrogen-bond acceptors (Lipinski definition) is 6. The third-order valence-electron chi connectivity index (χ3n) is 3.70. The Morgan fingerprint density at radius 3 is 2.59 bits per heavy atom. The number of rotatable bonds is 5. The van der Waals surface area contributed by atoms with Crippen LogP contribution in [0.2, 0.25) is 0 Å². The molecule has 0 amide bonds. The lowest BCUT2D eigenvalue weighted by Crippen LogP contribution is -2.41. The van der Waals surface area contributed by atoms with Gasteiger partial charge in [-0.15, -0.1) is 0 Å². The second-order valence-electron chi connectivity index (χ2n) is 5.18. The molecule has 0 aliphatic carbocycles. The van der Waals surface area contributed by atoms with E-state index < -0.39 is 25.9 Å². The van der Waals surface area contributed by atoms with E-state index in [9.17, 15) is 16.8 Å². The van der Waals surface area contributed by atoms with Gasteiger partial charge in [0, 0.05) is 18.3 Å². The van der Waals surface area contributed by atoms with Crippen molar-refractivity contribution >= 4 is 25.5 Å². The SMILES string of the molecule is CCN(C1CCS(=O)(=O)C1)S(=O)(=O)c1cc(N)ccc1OC. The molecule has 1 aromatic carbocycles. The number of nitrogens with zero attached hydrogens (tertiary/aromatic N) is 1. The highest BCUT2D eigenvalue weighted by Crippen LogP contribution is 2.31. The van der Waals surface area contributed by atoms with E-state index in [1.54, 1.807) is 13.0 Å². The number of sulfone groups is 1. The molecule has 0 bridgehead atoms. The molecule has 0 spiro atoms. The van der Waals surface area contributed by atoms with Crippen LogP contribution in [-0.2, 0) is 19.9 Å². The topological polar surface area (TPSA) is 107 Å². The summed E-state index contributed by atoms with van der Waals surface area (Å²) in [5.41, 5.74) is 5.98. The molecule has 9 heteroatoms. The first kappa shape index (κ1) is 17.0. The van der Waals surface area contributed by atoms with E-state index in [1.165, 1.54) is 23.5 Å². The fourth-order valence-electron chi connectivity index (χ4n) is 2.65. The third kappa shape index (κ3) is 3.21. The van der Waals surface area contributed by atoms with E-state index in [-0.39, 0.29) is 28.7 Å². The van der Waals surface area contributed by atoms with E-state index >= 15 is 0 Å². The summed E-state index contributed by atoms with van der Waals surface area (Å²) >= 11 is 0. The molecule has 1 aliphatic heterocycles. The van der Waals surface area contributed by atoms with Crippen molar-refractivity contribution in [1.29, 1.82) is 0 Å². The summed E-state index contributed by atoms with van der Waals surface area (Å²) in [6.45, 7) is 1.86. The fraction of sp³-hybridized carbons (Fsp3) is 0.538. The van der Waals surface area contributed by atoms with E-state index in [4.69, 9.17) is 10.5 Å². The monoisotopic (exact) mass is 348 g/mol. The Kier molecular flexibility index (Phi) is 4.69. The van der Waals surface area contributed by atoms with E-state index in [0.29, 0.717) is 12.1 Å². The van der Waals surface area contributed by atoms with Gasteiger partial charge < -0.3 is 10.5 Å². The van der Waals surface area contributed by atoms with E-state index in [0.717, 1.165) is 0 Å². The highest BCUT2D eigenvalue weighted by molar-refractivity contribution is 7.92. The van der Waals surface area contributed by atoms with Gasteiger partial charge in [0.05, 0.1) is 18.6 Å². The summed E-state index contributed by atoms with van der Waals surface area (Å²) in [6.07, 6.45) is 0.306. The van der Waals surface area contributed by atoms with Crippen LogP contribution in [0.4, 0.5) is 5.69 Å². The molecular formula is C13H20N2O5S2. The molecule has 1 aliphatic rings. The van der Waals surface area contributed by atoms with E-state index in [2.05, 4.69) is 0 Å². The average molecular weight is 348 g/mol. The Morgan fingerprint density at radius 2 is 2.09 bits per heavy atom. The van der Waals surface area contributed by atoms with Crippen LogP contribution in [-0.4, -0.2) is 52.3 Å². The van der Waals surface area contributed by atoms with Crippen LogP contribution in [0.15, 0.2) is 23.1 Å². The summed E-state index contributed by atoms with van der Waals surface area (Å²) in [7, 11) is -5.69. The number of benzene rings is 1. The van der Waals surface area contributed by atoms with E-state index in [1.807, 2.05) is 0 Å². The smallest absolute Gasteiger partial charge is 0.247 e. The molecule has 1 unspecified atom stereocenters. The summed E-state index contributed by atoms with van der Waals surface area (Å²) in [5, 5.41) is 0. The van der Waals surface area contributed by atoms with Gasteiger partial charge in [0.1, 0.15) is 10.6 Å². The number of anilines is 1. The molecule has 0 aromatic heterocycles. The number of nitrogen functional groups attached to an aromatic ring is 1. The normalized spacial score (nSPS) is 21.1. The molecule has 124 valence electrons. The minimum absolute atomic E-state index is 0.0117. The second-order valence-corrected chi connectivity index (χ2v) is 9.26. The van der Waals surface area contributed by atoms with Crippen LogP contribution in [0, 0.1) is 0 Å². The van der Waals surface area contributed by atoms with Crippen LogP contribution in [0.3, 0.4) is 0 Å². The van der Waals surface area contributed by atoms with Crippen LogP contribution in [0.1, 0.15) is 13.3 Å². The van der Waals surface area contributed by atoms with Crippen LogP contribution in [0.25, 0.3) is 0 Å². The fourth-order valence-corrected chi connectivity index (χ4v) is 6.33. The van der Waals surface area contributed by atoms with Gasteiger partial charge in [-0.3, -0.25) is 0 Å². The Bertz CT molecular complexity index is 759. The van der Waals surface area contributed by atoms with Crippen molar-refractivity contribution in [2.75, 3.05) is 30.9 Å². The molecule has 1 heterocycles. The minimum Gasteiger partial charge on any atom is -0.495 e. The van der Waals surface area contributed by atoms with Gasteiger partial charge >= 0.3 is 0 Å². The van der Waals surface area contributed by atoms with Crippen LogP contribution >= 0.6 is 0 Å². The van der Waals surface area contributed by atoms with Crippen LogP contribution in [0.5, 0.6) is 5.75 Å². The predicted octanol–water partition coefficient (Wildman–Crippen LogP) is 0.475. The first-order chi connectivity index (χ1) is 10.2.